The van der Waals surface area contributed by atoms with Crippen molar-refractivity contribution in [2.75, 3.05) is 23.7 Å². The van der Waals surface area contributed by atoms with Crippen LogP contribution in [0, 0.1) is 0 Å². The van der Waals surface area contributed by atoms with Crippen LogP contribution in [0.25, 0.3) is 0 Å². The van der Waals surface area contributed by atoms with Crippen LogP contribution in [0.15, 0.2) is 54.6 Å². The van der Waals surface area contributed by atoms with Gasteiger partial charge in [-0.1, -0.05) is 18.2 Å². The van der Waals surface area contributed by atoms with Gasteiger partial charge in [0.15, 0.2) is 0 Å². The van der Waals surface area contributed by atoms with E-state index in [9.17, 15) is 13.2 Å². The van der Waals surface area contributed by atoms with E-state index in [1.54, 1.807) is 31.2 Å². The SMILES string of the molecule is CC(C(=O)NCC1CCCO1)N(c1ccc(Oc2ccccc2)cc1)S(C)(=O)=O. The number of para-hydroxylation sites is 1. The molecule has 1 amide bonds. The summed E-state index contributed by atoms with van der Waals surface area (Å²) in [5.74, 6) is 0.890. The van der Waals surface area contributed by atoms with Crippen LogP contribution in [-0.4, -0.2) is 45.9 Å². The molecule has 0 aliphatic carbocycles. The number of amides is 1. The summed E-state index contributed by atoms with van der Waals surface area (Å²) in [4.78, 5) is 12.6. The van der Waals surface area contributed by atoms with Crippen LogP contribution in [0.5, 0.6) is 11.5 Å². The fourth-order valence-electron chi connectivity index (χ4n) is 3.26. The minimum Gasteiger partial charge on any atom is -0.457 e. The highest BCUT2D eigenvalue weighted by Gasteiger charge is 2.29. The molecule has 0 spiro atoms. The second-order valence-electron chi connectivity index (χ2n) is 7.02. The third kappa shape index (κ3) is 5.71. The van der Waals surface area contributed by atoms with Gasteiger partial charge >= 0.3 is 0 Å². The molecule has 0 bridgehead atoms. The number of anilines is 1. The maximum atomic E-state index is 12.6. The molecule has 2 aromatic carbocycles. The average molecular weight is 419 g/mol. The lowest BCUT2D eigenvalue weighted by Crippen LogP contribution is -2.49. The smallest absolute Gasteiger partial charge is 0.243 e. The Morgan fingerprint density at radius 1 is 1.17 bits per heavy atom. The van der Waals surface area contributed by atoms with Crippen LogP contribution in [0.2, 0.25) is 0 Å². The standard InChI is InChI=1S/C21H26N2O5S/c1-16(21(24)22-15-20-9-6-14-27-20)23(29(2,25)26)17-10-12-19(13-11-17)28-18-7-4-3-5-8-18/h3-5,7-8,10-13,16,20H,6,9,14-15H2,1-2H3,(H,22,24). The minimum absolute atomic E-state index is 0.00717. The highest BCUT2D eigenvalue weighted by molar-refractivity contribution is 7.92. The van der Waals surface area contributed by atoms with E-state index in [0.717, 1.165) is 23.4 Å². The van der Waals surface area contributed by atoms with Gasteiger partial charge in [-0.3, -0.25) is 9.10 Å². The molecule has 3 rings (SSSR count). The van der Waals surface area contributed by atoms with Crippen molar-refractivity contribution in [3.05, 3.63) is 54.6 Å². The molecule has 156 valence electrons. The molecule has 1 aliphatic heterocycles. The number of carbonyl (C=O) groups excluding carboxylic acids is 1. The fraction of sp³-hybridized carbons (Fsp3) is 0.381. The molecule has 1 heterocycles. The first kappa shape index (κ1) is 21.1. The van der Waals surface area contributed by atoms with Gasteiger partial charge in [0.25, 0.3) is 0 Å². The summed E-state index contributed by atoms with van der Waals surface area (Å²) in [6, 6.07) is 15.0. The first-order valence-electron chi connectivity index (χ1n) is 9.56. The van der Waals surface area contributed by atoms with Gasteiger partial charge in [-0.2, -0.15) is 0 Å². The molecule has 2 atom stereocenters. The number of benzene rings is 2. The van der Waals surface area contributed by atoms with E-state index in [-0.39, 0.29) is 12.0 Å². The molecule has 1 aliphatic rings. The predicted octanol–water partition coefficient (Wildman–Crippen LogP) is 2.93. The average Bonchev–Trinajstić information content (AvgIpc) is 3.21. The summed E-state index contributed by atoms with van der Waals surface area (Å²) in [6.45, 7) is 2.65. The van der Waals surface area contributed by atoms with Gasteiger partial charge in [0, 0.05) is 13.2 Å². The minimum atomic E-state index is -3.67. The largest absolute Gasteiger partial charge is 0.457 e. The number of rotatable bonds is 8. The van der Waals surface area contributed by atoms with Crippen molar-refractivity contribution in [1.82, 2.24) is 5.32 Å². The van der Waals surface area contributed by atoms with Gasteiger partial charge in [0.05, 0.1) is 18.0 Å². The van der Waals surface area contributed by atoms with E-state index < -0.39 is 16.1 Å². The normalized spacial score (nSPS) is 17.5. The van der Waals surface area contributed by atoms with Crippen LogP contribution in [0.4, 0.5) is 5.69 Å². The summed E-state index contributed by atoms with van der Waals surface area (Å²) in [5.41, 5.74) is 0.396. The zero-order valence-electron chi connectivity index (χ0n) is 16.6. The number of sulfonamides is 1. The molecule has 0 radical (unpaired) electrons. The van der Waals surface area contributed by atoms with Crippen molar-refractivity contribution in [2.45, 2.75) is 31.9 Å². The van der Waals surface area contributed by atoms with Crippen molar-refractivity contribution >= 4 is 21.6 Å². The highest BCUT2D eigenvalue weighted by atomic mass is 32.2. The molecule has 0 aromatic heterocycles. The Balaban J connectivity index is 1.71. The Labute approximate surface area is 171 Å². The molecule has 2 aromatic rings. The van der Waals surface area contributed by atoms with Crippen LogP contribution in [0.1, 0.15) is 19.8 Å². The Bertz CT molecular complexity index is 910. The Hall–Kier alpha value is -2.58. The molecule has 7 nitrogen and oxygen atoms in total. The van der Waals surface area contributed by atoms with Crippen LogP contribution >= 0.6 is 0 Å². The monoisotopic (exact) mass is 418 g/mol. The lowest BCUT2D eigenvalue weighted by Gasteiger charge is -2.28. The van der Waals surface area contributed by atoms with Gasteiger partial charge < -0.3 is 14.8 Å². The zero-order chi connectivity index (χ0) is 20.9. The first-order chi connectivity index (χ1) is 13.8. The van der Waals surface area contributed by atoms with Crippen LogP contribution in [-0.2, 0) is 19.6 Å². The maximum Gasteiger partial charge on any atom is 0.243 e. The van der Waals surface area contributed by atoms with Crippen molar-refractivity contribution < 1.29 is 22.7 Å². The molecule has 1 saturated heterocycles. The van der Waals surface area contributed by atoms with Crippen molar-refractivity contribution in [1.29, 1.82) is 0 Å². The summed E-state index contributed by atoms with van der Waals surface area (Å²) in [5, 5.41) is 2.80. The molecule has 29 heavy (non-hydrogen) atoms. The number of hydrogen-bond donors (Lipinski definition) is 1. The summed E-state index contributed by atoms with van der Waals surface area (Å²) < 4.78 is 37.2. The van der Waals surface area contributed by atoms with E-state index in [0.29, 0.717) is 30.3 Å². The van der Waals surface area contributed by atoms with Gasteiger partial charge in [-0.25, -0.2) is 8.42 Å². The number of carbonyl (C=O) groups is 1. The van der Waals surface area contributed by atoms with E-state index in [4.69, 9.17) is 9.47 Å². The molecule has 2 unspecified atom stereocenters. The molecular formula is C21H26N2O5S. The van der Waals surface area contributed by atoms with E-state index in [1.165, 1.54) is 0 Å². The van der Waals surface area contributed by atoms with Crippen molar-refractivity contribution in [3.8, 4) is 11.5 Å². The number of ether oxygens (including phenoxy) is 2. The van der Waals surface area contributed by atoms with Crippen LogP contribution in [0.3, 0.4) is 0 Å². The first-order valence-corrected chi connectivity index (χ1v) is 11.4. The third-order valence-electron chi connectivity index (χ3n) is 4.69. The quantitative estimate of drug-likeness (QED) is 0.713. The lowest BCUT2D eigenvalue weighted by atomic mass is 10.2. The topological polar surface area (TPSA) is 84.9 Å². The Morgan fingerprint density at radius 2 is 1.83 bits per heavy atom. The molecular weight excluding hydrogens is 392 g/mol. The van der Waals surface area contributed by atoms with Gasteiger partial charge in [-0.05, 0) is 56.2 Å². The third-order valence-corrected chi connectivity index (χ3v) is 5.93. The fourth-order valence-corrected chi connectivity index (χ4v) is 4.44. The van der Waals surface area contributed by atoms with E-state index in [2.05, 4.69) is 5.32 Å². The second-order valence-corrected chi connectivity index (χ2v) is 8.88. The van der Waals surface area contributed by atoms with E-state index in [1.807, 2.05) is 30.3 Å². The molecule has 8 heteroatoms. The summed E-state index contributed by atoms with van der Waals surface area (Å²) >= 11 is 0. The molecule has 1 N–H and O–H groups in total. The number of nitrogens with one attached hydrogen (secondary N) is 1. The molecule has 1 fully saturated rings. The second kappa shape index (κ2) is 9.28. The number of nitrogens with zero attached hydrogens (tertiary/aromatic N) is 1. The van der Waals surface area contributed by atoms with Gasteiger partial charge in [0.2, 0.25) is 15.9 Å². The van der Waals surface area contributed by atoms with Crippen molar-refractivity contribution in [2.24, 2.45) is 0 Å². The number of hydrogen-bond acceptors (Lipinski definition) is 5. The van der Waals surface area contributed by atoms with Gasteiger partial charge in [0.1, 0.15) is 17.5 Å². The lowest BCUT2D eigenvalue weighted by molar-refractivity contribution is -0.122. The maximum absolute atomic E-state index is 12.6. The Kier molecular flexibility index (Phi) is 6.76. The Morgan fingerprint density at radius 3 is 2.41 bits per heavy atom. The predicted molar refractivity (Wildman–Crippen MR) is 112 cm³/mol. The van der Waals surface area contributed by atoms with Gasteiger partial charge in [-0.15, -0.1) is 0 Å². The van der Waals surface area contributed by atoms with Crippen molar-refractivity contribution in [3.63, 3.8) is 0 Å². The summed E-state index contributed by atoms with van der Waals surface area (Å²) in [6.07, 6.45) is 2.95. The van der Waals surface area contributed by atoms with E-state index >= 15 is 0 Å². The van der Waals surface area contributed by atoms with Crippen LogP contribution < -0.4 is 14.4 Å². The highest BCUT2D eigenvalue weighted by Crippen LogP contribution is 2.27. The zero-order valence-corrected chi connectivity index (χ0v) is 17.4. The molecule has 0 saturated carbocycles. The summed E-state index contributed by atoms with van der Waals surface area (Å²) in [7, 11) is -3.67.